The van der Waals surface area contributed by atoms with Crippen molar-refractivity contribution in [2.45, 2.75) is 26.8 Å². The first-order valence-electron chi connectivity index (χ1n) is 5.76. The second kappa shape index (κ2) is 4.60. The summed E-state index contributed by atoms with van der Waals surface area (Å²) in [5.74, 6) is -4.33. The third kappa shape index (κ3) is 2.18. The standard InChI is InChI=1S/C13H13F3N2O/c1-6(2)18-7(3)13(19)12(17-18)8-4-9(14)11(16)10(15)5-8/h4-6,19H,1-3H3. The highest BCUT2D eigenvalue weighted by molar-refractivity contribution is 5.67. The zero-order valence-electron chi connectivity index (χ0n) is 10.7. The van der Waals surface area contributed by atoms with Gasteiger partial charge in [0, 0.05) is 11.6 Å². The number of aromatic nitrogens is 2. The summed E-state index contributed by atoms with van der Waals surface area (Å²) < 4.78 is 40.8. The van der Waals surface area contributed by atoms with Crippen molar-refractivity contribution in [3.63, 3.8) is 0 Å². The van der Waals surface area contributed by atoms with Gasteiger partial charge in [-0.3, -0.25) is 4.68 Å². The van der Waals surface area contributed by atoms with Gasteiger partial charge >= 0.3 is 0 Å². The summed E-state index contributed by atoms with van der Waals surface area (Å²) in [7, 11) is 0. The number of rotatable bonds is 2. The van der Waals surface area contributed by atoms with Crippen LogP contribution in [0.5, 0.6) is 5.75 Å². The van der Waals surface area contributed by atoms with E-state index < -0.39 is 17.5 Å². The van der Waals surface area contributed by atoms with Gasteiger partial charge in [0.2, 0.25) is 0 Å². The van der Waals surface area contributed by atoms with Gasteiger partial charge in [-0.15, -0.1) is 0 Å². The van der Waals surface area contributed by atoms with Crippen molar-refractivity contribution in [1.82, 2.24) is 9.78 Å². The van der Waals surface area contributed by atoms with Crippen LogP contribution in [0.2, 0.25) is 0 Å². The smallest absolute Gasteiger partial charge is 0.194 e. The lowest BCUT2D eigenvalue weighted by molar-refractivity contribution is 0.447. The molecule has 0 atom stereocenters. The van der Waals surface area contributed by atoms with E-state index in [-0.39, 0.29) is 23.0 Å². The first-order chi connectivity index (χ1) is 8.82. The molecular formula is C13H13F3N2O. The average molecular weight is 270 g/mol. The highest BCUT2D eigenvalue weighted by Crippen LogP contribution is 2.33. The van der Waals surface area contributed by atoms with E-state index in [1.807, 2.05) is 13.8 Å². The number of hydrogen-bond acceptors (Lipinski definition) is 2. The summed E-state index contributed by atoms with van der Waals surface area (Å²) in [6.45, 7) is 5.35. The fourth-order valence-corrected chi connectivity index (χ4v) is 1.90. The van der Waals surface area contributed by atoms with Gasteiger partial charge in [-0.2, -0.15) is 5.10 Å². The molecule has 102 valence electrons. The van der Waals surface area contributed by atoms with Crippen molar-refractivity contribution in [2.75, 3.05) is 0 Å². The Morgan fingerprint density at radius 2 is 1.68 bits per heavy atom. The second-order valence-electron chi connectivity index (χ2n) is 4.57. The van der Waals surface area contributed by atoms with Crippen LogP contribution >= 0.6 is 0 Å². The Morgan fingerprint density at radius 1 is 1.16 bits per heavy atom. The minimum Gasteiger partial charge on any atom is -0.504 e. The fourth-order valence-electron chi connectivity index (χ4n) is 1.90. The fraction of sp³-hybridized carbons (Fsp3) is 0.308. The molecule has 0 aliphatic rings. The van der Waals surface area contributed by atoms with Gasteiger partial charge in [0.05, 0.1) is 5.69 Å². The SMILES string of the molecule is Cc1c(O)c(-c2cc(F)c(F)c(F)c2)nn1C(C)C. The van der Waals surface area contributed by atoms with Crippen LogP contribution in [0, 0.1) is 24.4 Å². The van der Waals surface area contributed by atoms with Crippen LogP contribution < -0.4 is 0 Å². The predicted molar refractivity (Wildman–Crippen MR) is 64.3 cm³/mol. The Hall–Kier alpha value is -1.98. The predicted octanol–water partition coefficient (Wildman–Crippen LogP) is 3.56. The summed E-state index contributed by atoms with van der Waals surface area (Å²) in [6.07, 6.45) is 0. The van der Waals surface area contributed by atoms with Crippen molar-refractivity contribution in [2.24, 2.45) is 0 Å². The first kappa shape index (κ1) is 13.5. The summed E-state index contributed by atoms with van der Waals surface area (Å²) >= 11 is 0. The molecule has 0 aliphatic heterocycles. The minimum absolute atomic E-state index is 0.00333. The van der Waals surface area contributed by atoms with E-state index in [2.05, 4.69) is 5.10 Å². The lowest BCUT2D eigenvalue weighted by Crippen LogP contribution is -2.04. The van der Waals surface area contributed by atoms with Crippen LogP contribution in [0.1, 0.15) is 25.6 Å². The topological polar surface area (TPSA) is 38.1 Å². The van der Waals surface area contributed by atoms with Crippen molar-refractivity contribution in [3.05, 3.63) is 35.3 Å². The second-order valence-corrected chi connectivity index (χ2v) is 4.57. The van der Waals surface area contributed by atoms with Gasteiger partial charge in [-0.1, -0.05) is 0 Å². The summed E-state index contributed by atoms with van der Waals surface area (Å²) in [5, 5.41) is 14.1. The molecule has 0 bridgehead atoms. The highest BCUT2D eigenvalue weighted by Gasteiger charge is 2.20. The molecule has 1 N–H and O–H groups in total. The zero-order valence-corrected chi connectivity index (χ0v) is 10.7. The van der Waals surface area contributed by atoms with Crippen molar-refractivity contribution >= 4 is 0 Å². The maximum absolute atomic E-state index is 13.2. The van der Waals surface area contributed by atoms with Gasteiger partial charge in [-0.05, 0) is 32.9 Å². The van der Waals surface area contributed by atoms with Gasteiger partial charge < -0.3 is 5.11 Å². The Balaban J connectivity index is 2.63. The van der Waals surface area contributed by atoms with Gasteiger partial charge in [0.1, 0.15) is 5.69 Å². The molecular weight excluding hydrogens is 257 g/mol. The van der Waals surface area contributed by atoms with Crippen molar-refractivity contribution in [3.8, 4) is 17.0 Å². The van der Waals surface area contributed by atoms with E-state index in [1.165, 1.54) is 4.68 Å². The number of halogens is 3. The third-order valence-corrected chi connectivity index (χ3v) is 2.86. The van der Waals surface area contributed by atoms with Crippen molar-refractivity contribution < 1.29 is 18.3 Å². The summed E-state index contributed by atoms with van der Waals surface area (Å²) in [5.41, 5.74) is 0.510. The van der Waals surface area contributed by atoms with Gasteiger partial charge in [0.25, 0.3) is 0 Å². The number of aromatic hydroxyl groups is 1. The molecule has 0 radical (unpaired) electrons. The van der Waals surface area contributed by atoms with Crippen LogP contribution in [-0.2, 0) is 0 Å². The maximum atomic E-state index is 13.2. The van der Waals surface area contributed by atoms with Crippen molar-refractivity contribution in [1.29, 1.82) is 0 Å². The van der Waals surface area contributed by atoms with E-state index in [1.54, 1.807) is 6.92 Å². The van der Waals surface area contributed by atoms with Gasteiger partial charge in [-0.25, -0.2) is 13.2 Å². The molecule has 0 saturated heterocycles. The lowest BCUT2D eigenvalue weighted by atomic mass is 10.1. The van der Waals surface area contributed by atoms with E-state index in [9.17, 15) is 18.3 Å². The molecule has 0 unspecified atom stereocenters. The summed E-state index contributed by atoms with van der Waals surface area (Å²) in [6, 6.07) is 1.60. The van der Waals surface area contributed by atoms with E-state index in [4.69, 9.17) is 0 Å². The Morgan fingerprint density at radius 3 is 2.11 bits per heavy atom. The maximum Gasteiger partial charge on any atom is 0.194 e. The lowest BCUT2D eigenvalue weighted by Gasteiger charge is -2.06. The normalized spacial score (nSPS) is 11.3. The zero-order chi connectivity index (χ0) is 14.3. The van der Waals surface area contributed by atoms with Gasteiger partial charge in [0.15, 0.2) is 23.2 Å². The largest absolute Gasteiger partial charge is 0.504 e. The number of benzene rings is 1. The molecule has 1 aromatic heterocycles. The summed E-state index contributed by atoms with van der Waals surface area (Å²) in [4.78, 5) is 0. The van der Waals surface area contributed by atoms with E-state index >= 15 is 0 Å². The van der Waals surface area contributed by atoms with Crippen LogP contribution in [0.4, 0.5) is 13.2 Å². The van der Waals surface area contributed by atoms with E-state index in [0.29, 0.717) is 5.69 Å². The molecule has 2 rings (SSSR count). The van der Waals surface area contributed by atoms with Crippen LogP contribution in [-0.4, -0.2) is 14.9 Å². The minimum atomic E-state index is -1.54. The molecule has 19 heavy (non-hydrogen) atoms. The molecule has 0 saturated carbocycles. The molecule has 0 spiro atoms. The average Bonchev–Trinajstić information content (AvgIpc) is 2.63. The molecule has 1 heterocycles. The molecule has 1 aromatic carbocycles. The quantitative estimate of drug-likeness (QED) is 0.847. The molecule has 2 aromatic rings. The van der Waals surface area contributed by atoms with Crippen LogP contribution in [0.25, 0.3) is 11.3 Å². The monoisotopic (exact) mass is 270 g/mol. The highest BCUT2D eigenvalue weighted by atomic mass is 19.2. The first-order valence-corrected chi connectivity index (χ1v) is 5.76. The Bertz CT molecular complexity index is 612. The molecule has 0 fully saturated rings. The van der Waals surface area contributed by atoms with Crippen LogP contribution in [0.15, 0.2) is 12.1 Å². The molecule has 6 heteroatoms. The van der Waals surface area contributed by atoms with E-state index in [0.717, 1.165) is 12.1 Å². The Labute approximate surface area is 108 Å². The number of hydrogen-bond donors (Lipinski definition) is 1. The molecule has 0 aliphatic carbocycles. The number of nitrogens with zero attached hydrogens (tertiary/aromatic N) is 2. The Kier molecular flexibility index (Phi) is 3.26. The third-order valence-electron chi connectivity index (χ3n) is 2.86. The molecule has 3 nitrogen and oxygen atoms in total. The van der Waals surface area contributed by atoms with Crippen LogP contribution in [0.3, 0.4) is 0 Å². The molecule has 0 amide bonds.